The van der Waals surface area contributed by atoms with Gasteiger partial charge >= 0.3 is 0 Å². The Bertz CT molecular complexity index is 1160. The maximum atomic E-state index is 13.5. The van der Waals surface area contributed by atoms with Crippen LogP contribution in [0.2, 0.25) is 0 Å². The van der Waals surface area contributed by atoms with Crippen LogP contribution in [0.4, 0.5) is 10.1 Å². The Labute approximate surface area is 163 Å². The first kappa shape index (κ1) is 18.2. The van der Waals surface area contributed by atoms with Gasteiger partial charge in [-0.25, -0.2) is 4.39 Å². The lowest BCUT2D eigenvalue weighted by molar-refractivity contribution is -0.121. The van der Waals surface area contributed by atoms with Gasteiger partial charge in [0.25, 0.3) is 5.91 Å². The van der Waals surface area contributed by atoms with Crippen molar-refractivity contribution in [2.45, 2.75) is 26.3 Å². The average Bonchev–Trinajstić information content (AvgIpc) is 3.20. The van der Waals surface area contributed by atoms with Crippen LogP contribution in [0.5, 0.6) is 0 Å². The number of aromatic nitrogens is 1. The van der Waals surface area contributed by atoms with Gasteiger partial charge in [-0.1, -0.05) is 11.3 Å². The minimum atomic E-state index is -0.445. The Morgan fingerprint density at radius 2 is 1.79 bits per heavy atom. The number of nitrogens with zero attached hydrogens (tertiary/aromatic N) is 3. The van der Waals surface area contributed by atoms with E-state index < -0.39 is 5.91 Å². The Balaban J connectivity index is 1.68. The van der Waals surface area contributed by atoms with Crippen LogP contribution < -0.4 is 9.70 Å². The fourth-order valence-electron chi connectivity index (χ4n) is 3.21. The molecule has 8 heteroatoms. The first-order chi connectivity index (χ1) is 13.5. The topological polar surface area (TPSA) is 71.7 Å². The van der Waals surface area contributed by atoms with Crippen molar-refractivity contribution in [1.29, 1.82) is 0 Å². The largest absolute Gasteiger partial charge is 0.317 e. The Kier molecular flexibility index (Phi) is 4.64. The predicted molar refractivity (Wildman–Crippen MR) is 104 cm³/mol. The molecule has 0 aliphatic carbocycles. The van der Waals surface area contributed by atoms with Gasteiger partial charge < -0.3 is 4.57 Å². The van der Waals surface area contributed by atoms with Gasteiger partial charge in [0.2, 0.25) is 11.8 Å². The van der Waals surface area contributed by atoms with E-state index in [2.05, 4.69) is 4.99 Å². The molecular weight excluding hydrogens is 381 g/mol. The Morgan fingerprint density at radius 3 is 2.43 bits per heavy atom. The standard InChI is InChI=1S/C20H16FN3O3S/c1-2-23-15-8-5-13(21)11-16(15)28-20(23)22-19(27)12-3-6-14(7-4-12)24-17(25)9-10-18(24)26/h3-8,11H,2,9-10H2,1H3. The minimum Gasteiger partial charge on any atom is -0.317 e. The van der Waals surface area contributed by atoms with E-state index >= 15 is 0 Å². The van der Waals surface area contributed by atoms with Crippen LogP contribution in [-0.4, -0.2) is 22.3 Å². The highest BCUT2D eigenvalue weighted by Gasteiger charge is 2.30. The molecule has 0 bridgehead atoms. The smallest absolute Gasteiger partial charge is 0.279 e. The molecule has 1 aromatic heterocycles. The quantitative estimate of drug-likeness (QED) is 0.637. The number of hydrogen-bond acceptors (Lipinski definition) is 4. The fraction of sp³-hybridized carbons (Fsp3) is 0.200. The van der Waals surface area contributed by atoms with E-state index in [1.165, 1.54) is 23.5 Å². The highest BCUT2D eigenvalue weighted by molar-refractivity contribution is 7.16. The molecule has 0 atom stereocenters. The van der Waals surface area contributed by atoms with Crippen LogP contribution in [0, 0.1) is 5.82 Å². The molecular formula is C20H16FN3O3S. The van der Waals surface area contributed by atoms with Gasteiger partial charge in [-0.2, -0.15) is 4.99 Å². The summed E-state index contributed by atoms with van der Waals surface area (Å²) < 4.78 is 16.0. The van der Waals surface area contributed by atoms with E-state index in [0.29, 0.717) is 22.6 Å². The second-order valence-corrected chi connectivity index (χ2v) is 7.34. The number of imide groups is 1. The molecule has 2 heterocycles. The van der Waals surface area contributed by atoms with E-state index in [0.717, 1.165) is 15.1 Å². The lowest BCUT2D eigenvalue weighted by atomic mass is 10.2. The van der Waals surface area contributed by atoms with E-state index in [9.17, 15) is 18.8 Å². The molecule has 1 aliphatic heterocycles. The number of fused-ring (bicyclic) bond motifs is 1. The summed E-state index contributed by atoms with van der Waals surface area (Å²) in [5.74, 6) is -1.26. The van der Waals surface area contributed by atoms with Crippen molar-refractivity contribution >= 4 is 45.0 Å². The SMILES string of the molecule is CCn1c(=NC(=O)c2ccc(N3C(=O)CCC3=O)cc2)sc2cc(F)ccc21. The molecule has 4 rings (SSSR count). The lowest BCUT2D eigenvalue weighted by Crippen LogP contribution is -2.28. The van der Waals surface area contributed by atoms with Gasteiger partial charge in [0.15, 0.2) is 4.80 Å². The Hall–Kier alpha value is -3.13. The van der Waals surface area contributed by atoms with Gasteiger partial charge in [-0.3, -0.25) is 19.3 Å². The van der Waals surface area contributed by atoms with Crippen LogP contribution >= 0.6 is 11.3 Å². The number of rotatable bonds is 3. The summed E-state index contributed by atoms with van der Waals surface area (Å²) in [5, 5.41) is 0. The zero-order valence-electron chi connectivity index (χ0n) is 15.0. The second-order valence-electron chi connectivity index (χ2n) is 6.33. The molecule has 0 spiro atoms. The van der Waals surface area contributed by atoms with Gasteiger partial charge in [0, 0.05) is 24.9 Å². The van der Waals surface area contributed by atoms with E-state index in [1.54, 1.807) is 30.3 Å². The molecule has 2 aromatic carbocycles. The van der Waals surface area contributed by atoms with Gasteiger partial charge in [0.1, 0.15) is 5.82 Å². The number of hydrogen-bond donors (Lipinski definition) is 0. The van der Waals surface area contributed by atoms with Gasteiger partial charge in [-0.05, 0) is 49.4 Å². The summed E-state index contributed by atoms with van der Waals surface area (Å²) in [6.45, 7) is 2.52. The van der Waals surface area contributed by atoms with Crippen LogP contribution in [0.1, 0.15) is 30.1 Å². The van der Waals surface area contributed by atoms with E-state index in [1.807, 2.05) is 11.5 Å². The van der Waals surface area contributed by atoms with Gasteiger partial charge in [-0.15, -0.1) is 0 Å². The zero-order valence-corrected chi connectivity index (χ0v) is 15.8. The van der Waals surface area contributed by atoms with Crippen molar-refractivity contribution in [3.05, 3.63) is 58.6 Å². The van der Waals surface area contributed by atoms with Crippen molar-refractivity contribution < 1.29 is 18.8 Å². The number of carbonyl (C=O) groups is 3. The van der Waals surface area contributed by atoms with E-state index in [-0.39, 0.29) is 30.5 Å². The Morgan fingerprint density at radius 1 is 1.11 bits per heavy atom. The minimum absolute atomic E-state index is 0.207. The fourth-order valence-corrected chi connectivity index (χ4v) is 4.32. The molecule has 3 aromatic rings. The van der Waals surface area contributed by atoms with Gasteiger partial charge in [0.05, 0.1) is 15.9 Å². The van der Waals surface area contributed by atoms with Crippen molar-refractivity contribution in [1.82, 2.24) is 4.57 Å². The second kappa shape index (κ2) is 7.12. The summed E-state index contributed by atoms with van der Waals surface area (Å²) in [7, 11) is 0. The average molecular weight is 397 g/mol. The van der Waals surface area contributed by atoms with Crippen molar-refractivity contribution in [2.75, 3.05) is 4.90 Å². The first-order valence-corrected chi connectivity index (χ1v) is 9.63. The summed E-state index contributed by atoms with van der Waals surface area (Å²) in [4.78, 5) is 42.0. The molecule has 142 valence electrons. The van der Waals surface area contributed by atoms with Crippen LogP contribution in [0.15, 0.2) is 47.5 Å². The molecule has 1 saturated heterocycles. The molecule has 0 radical (unpaired) electrons. The molecule has 28 heavy (non-hydrogen) atoms. The van der Waals surface area contributed by atoms with E-state index in [4.69, 9.17) is 0 Å². The maximum Gasteiger partial charge on any atom is 0.279 e. The summed E-state index contributed by atoms with van der Waals surface area (Å²) in [5.41, 5.74) is 1.61. The van der Waals surface area contributed by atoms with Crippen molar-refractivity contribution in [3.8, 4) is 0 Å². The lowest BCUT2D eigenvalue weighted by Gasteiger charge is -2.13. The maximum absolute atomic E-state index is 13.5. The number of benzene rings is 2. The molecule has 6 nitrogen and oxygen atoms in total. The third kappa shape index (κ3) is 3.16. The third-order valence-electron chi connectivity index (χ3n) is 4.58. The molecule has 1 fully saturated rings. The van der Waals surface area contributed by atoms with Crippen LogP contribution in [-0.2, 0) is 16.1 Å². The number of halogens is 1. The number of amides is 3. The third-order valence-corrected chi connectivity index (χ3v) is 5.62. The first-order valence-electron chi connectivity index (χ1n) is 8.81. The zero-order chi connectivity index (χ0) is 19.8. The summed E-state index contributed by atoms with van der Waals surface area (Å²) in [6.07, 6.45) is 0.413. The molecule has 3 amide bonds. The number of anilines is 1. The molecule has 1 aliphatic rings. The molecule has 0 unspecified atom stereocenters. The number of thiazole rings is 1. The van der Waals surface area contributed by atoms with Crippen LogP contribution in [0.3, 0.4) is 0 Å². The summed E-state index contributed by atoms with van der Waals surface area (Å²) >= 11 is 1.25. The monoisotopic (exact) mass is 397 g/mol. The molecule has 0 saturated carbocycles. The highest BCUT2D eigenvalue weighted by atomic mass is 32.1. The van der Waals surface area contributed by atoms with Crippen molar-refractivity contribution in [2.24, 2.45) is 4.99 Å². The predicted octanol–water partition coefficient (Wildman–Crippen LogP) is 3.26. The highest BCUT2D eigenvalue weighted by Crippen LogP contribution is 2.23. The van der Waals surface area contributed by atoms with Crippen molar-refractivity contribution in [3.63, 3.8) is 0 Å². The van der Waals surface area contributed by atoms with Crippen LogP contribution in [0.25, 0.3) is 10.2 Å². The number of aryl methyl sites for hydroxylation is 1. The molecule has 0 N–H and O–H groups in total. The summed E-state index contributed by atoms with van der Waals surface area (Å²) in [6, 6.07) is 10.7. The normalized spacial score (nSPS) is 15.1. The number of carbonyl (C=O) groups excluding carboxylic acids is 3.